The summed E-state index contributed by atoms with van der Waals surface area (Å²) in [6, 6.07) is -0.575. The minimum atomic E-state index is -1.60. The number of nitrogens with two attached hydrogens (primary N) is 1. The van der Waals surface area contributed by atoms with Crippen LogP contribution in [0, 0.1) is 0 Å². The Balaban J connectivity index is 2.05. The van der Waals surface area contributed by atoms with Crippen LogP contribution in [0.4, 0.5) is 4.79 Å². The van der Waals surface area contributed by atoms with Crippen molar-refractivity contribution in [3.05, 3.63) is 17.7 Å². The lowest BCUT2D eigenvalue weighted by atomic mass is 9.85. The van der Waals surface area contributed by atoms with Crippen molar-refractivity contribution in [1.29, 1.82) is 0 Å². The van der Waals surface area contributed by atoms with E-state index in [1.165, 1.54) is 45.0 Å². The molecule has 0 unspecified atom stereocenters. The minimum Gasteiger partial charge on any atom is -0.493 e. The molecule has 2 saturated heterocycles. The maximum Gasteiger partial charge on any atom is 0.408 e. The topological polar surface area (TPSA) is 219 Å². The molecule has 5 amide bonds. The number of nitrogens with zero attached hydrogens (tertiary/aromatic N) is 2. The molecule has 6 atom stereocenters. The van der Waals surface area contributed by atoms with Crippen molar-refractivity contribution in [2.75, 3.05) is 34.4 Å². The number of hydrogen-bond donors (Lipinski definition) is 5. The summed E-state index contributed by atoms with van der Waals surface area (Å²) in [5.74, 6) is -1.94. The molecular weight excluding hydrogens is 642 g/mol. The predicted octanol–water partition coefficient (Wildman–Crippen LogP) is 0.232. The van der Waals surface area contributed by atoms with Crippen molar-refractivity contribution in [1.82, 2.24) is 20.4 Å². The average Bonchev–Trinajstić information content (AvgIpc) is 3.68. The van der Waals surface area contributed by atoms with E-state index in [1.54, 1.807) is 32.9 Å². The Morgan fingerprint density at radius 1 is 0.939 bits per heavy atom. The highest BCUT2D eigenvalue weighted by Gasteiger charge is 2.53. The van der Waals surface area contributed by atoms with Gasteiger partial charge in [0.15, 0.2) is 11.5 Å². The van der Waals surface area contributed by atoms with Gasteiger partial charge in [0, 0.05) is 19.5 Å². The van der Waals surface area contributed by atoms with Gasteiger partial charge in [-0.3, -0.25) is 19.2 Å². The van der Waals surface area contributed by atoms with Crippen LogP contribution >= 0.6 is 0 Å². The Morgan fingerprint density at radius 2 is 1.53 bits per heavy atom. The molecule has 16 heteroatoms. The Hall–Kier alpha value is -4.31. The van der Waals surface area contributed by atoms with Crippen molar-refractivity contribution >= 4 is 29.7 Å². The molecule has 2 fully saturated rings. The number of primary amides is 1. The Morgan fingerprint density at radius 3 is 2.02 bits per heavy atom. The molecule has 2 aliphatic heterocycles. The highest BCUT2D eigenvalue weighted by Crippen LogP contribution is 2.42. The second-order valence-corrected chi connectivity index (χ2v) is 13.5. The average molecular weight is 694 g/mol. The van der Waals surface area contributed by atoms with Gasteiger partial charge in [-0.25, -0.2) is 4.79 Å². The van der Waals surface area contributed by atoms with E-state index in [0.717, 1.165) is 0 Å². The van der Waals surface area contributed by atoms with E-state index >= 15 is 0 Å². The van der Waals surface area contributed by atoms with Gasteiger partial charge in [0.1, 0.15) is 29.3 Å². The number of aliphatic hydroxyl groups is 2. The summed E-state index contributed by atoms with van der Waals surface area (Å²) in [6.45, 7) is 7.93. The first-order valence-corrected chi connectivity index (χ1v) is 16.3. The minimum absolute atomic E-state index is 0.0657. The summed E-state index contributed by atoms with van der Waals surface area (Å²) in [5, 5.41) is 25.7. The van der Waals surface area contributed by atoms with E-state index < -0.39 is 71.2 Å². The zero-order valence-corrected chi connectivity index (χ0v) is 29.5. The molecule has 274 valence electrons. The second kappa shape index (κ2) is 15.9. The number of aliphatic hydroxyl groups excluding tert-OH is 2. The van der Waals surface area contributed by atoms with Crippen LogP contribution in [-0.2, 0) is 30.3 Å². The number of amides is 5. The van der Waals surface area contributed by atoms with Crippen LogP contribution in [0.2, 0.25) is 0 Å². The Labute approximate surface area is 286 Å². The van der Waals surface area contributed by atoms with E-state index in [-0.39, 0.29) is 32.4 Å². The lowest BCUT2D eigenvalue weighted by Crippen LogP contribution is -2.65. The fourth-order valence-electron chi connectivity index (χ4n) is 6.45. The number of ether oxygens (including phenoxy) is 4. The fourth-order valence-corrected chi connectivity index (χ4v) is 6.45. The molecule has 0 radical (unpaired) electrons. The Bertz CT molecular complexity index is 1370. The molecule has 1 aromatic rings. The van der Waals surface area contributed by atoms with E-state index in [9.17, 15) is 34.2 Å². The molecular formula is C33H51N5O11. The van der Waals surface area contributed by atoms with Crippen LogP contribution in [-0.4, -0.2) is 126 Å². The summed E-state index contributed by atoms with van der Waals surface area (Å²) >= 11 is 0. The molecule has 2 aliphatic rings. The number of rotatable bonds is 13. The predicted molar refractivity (Wildman–Crippen MR) is 176 cm³/mol. The number of hydrogen-bond acceptors (Lipinski definition) is 11. The van der Waals surface area contributed by atoms with Crippen molar-refractivity contribution in [2.45, 2.75) is 108 Å². The van der Waals surface area contributed by atoms with E-state index in [4.69, 9.17) is 24.7 Å². The van der Waals surface area contributed by atoms with Gasteiger partial charge in [0.2, 0.25) is 29.4 Å². The summed E-state index contributed by atoms with van der Waals surface area (Å²) in [7, 11) is 4.34. The zero-order valence-electron chi connectivity index (χ0n) is 29.5. The molecule has 0 bridgehead atoms. The maximum absolute atomic E-state index is 14.5. The van der Waals surface area contributed by atoms with Gasteiger partial charge >= 0.3 is 6.09 Å². The van der Waals surface area contributed by atoms with Crippen LogP contribution in [0.15, 0.2) is 12.1 Å². The number of methoxy groups -OCH3 is 3. The van der Waals surface area contributed by atoms with Gasteiger partial charge in [0.25, 0.3) is 0 Å². The first kappa shape index (κ1) is 39.1. The highest BCUT2D eigenvalue weighted by molar-refractivity contribution is 5.98. The van der Waals surface area contributed by atoms with Crippen LogP contribution in [0.3, 0.4) is 0 Å². The van der Waals surface area contributed by atoms with Crippen molar-refractivity contribution in [3.63, 3.8) is 0 Å². The fraction of sp³-hybridized carbons (Fsp3) is 0.667. The summed E-state index contributed by atoms with van der Waals surface area (Å²) < 4.78 is 21.8. The maximum atomic E-state index is 14.5. The van der Waals surface area contributed by atoms with Gasteiger partial charge in [0.05, 0.1) is 33.5 Å². The van der Waals surface area contributed by atoms with E-state index in [0.29, 0.717) is 35.7 Å². The first-order valence-electron chi connectivity index (χ1n) is 16.3. The van der Waals surface area contributed by atoms with E-state index in [1.807, 2.05) is 0 Å². The molecule has 0 saturated carbocycles. The molecule has 0 aromatic heterocycles. The quantitative estimate of drug-likeness (QED) is 0.188. The largest absolute Gasteiger partial charge is 0.493 e. The Kier molecular flexibility index (Phi) is 12.7. The third-order valence-corrected chi connectivity index (χ3v) is 8.72. The number of carbonyl (C=O) groups is 5. The number of nitrogens with one attached hydrogen (secondary N) is 2. The molecule has 3 rings (SSSR count). The molecule has 2 heterocycles. The van der Waals surface area contributed by atoms with Crippen molar-refractivity contribution in [3.8, 4) is 17.2 Å². The van der Waals surface area contributed by atoms with Crippen LogP contribution in [0.1, 0.15) is 65.9 Å². The standard InChI is InChI=1S/C33H51N5O11/c1-18(39)24(27(34)41)35-30(44)33(17-20-15-22(46-6)26(48-8)23(16-20)47-7)12-10-14-38(33)28(42)21-11-9-13-37(21)29(43)25(19(2)40)36-31(45)49-32(3,4)5/h15-16,18-19,21,24-25,39-40H,9-14,17H2,1-8H3,(H2,34,41)(H,35,44)(H,36,45)/t18-,19-,21+,24+,25+,33-/m1/s1. The van der Waals surface area contributed by atoms with Gasteiger partial charge in [-0.15, -0.1) is 0 Å². The third kappa shape index (κ3) is 8.84. The third-order valence-electron chi connectivity index (χ3n) is 8.72. The molecule has 1 aromatic carbocycles. The second-order valence-electron chi connectivity index (χ2n) is 13.5. The van der Waals surface area contributed by atoms with Gasteiger partial charge in [-0.2, -0.15) is 0 Å². The summed E-state index contributed by atoms with van der Waals surface area (Å²) in [5.41, 5.74) is 3.59. The number of benzene rings is 1. The smallest absolute Gasteiger partial charge is 0.408 e. The zero-order chi connectivity index (χ0) is 36.8. The van der Waals surface area contributed by atoms with Crippen LogP contribution in [0.5, 0.6) is 17.2 Å². The van der Waals surface area contributed by atoms with Gasteiger partial charge in [-0.1, -0.05) is 0 Å². The highest BCUT2D eigenvalue weighted by atomic mass is 16.6. The summed E-state index contributed by atoms with van der Waals surface area (Å²) in [4.78, 5) is 70.2. The normalized spacial score (nSPS) is 21.6. The number of likely N-dealkylation sites (tertiary alicyclic amines) is 2. The lowest BCUT2D eigenvalue weighted by Gasteiger charge is -2.41. The van der Waals surface area contributed by atoms with Crippen molar-refractivity contribution < 1.29 is 53.1 Å². The molecule has 16 nitrogen and oxygen atoms in total. The molecule has 0 aliphatic carbocycles. The van der Waals surface area contributed by atoms with Crippen LogP contribution in [0.25, 0.3) is 0 Å². The molecule has 49 heavy (non-hydrogen) atoms. The van der Waals surface area contributed by atoms with Crippen LogP contribution < -0.4 is 30.6 Å². The first-order chi connectivity index (χ1) is 22.9. The van der Waals surface area contributed by atoms with Gasteiger partial charge in [-0.05, 0) is 78.0 Å². The van der Waals surface area contributed by atoms with E-state index in [2.05, 4.69) is 10.6 Å². The molecule has 6 N–H and O–H groups in total. The molecule has 0 spiro atoms. The number of carbonyl (C=O) groups excluding carboxylic acids is 5. The van der Waals surface area contributed by atoms with Gasteiger partial charge < -0.3 is 55.3 Å². The van der Waals surface area contributed by atoms with Crippen molar-refractivity contribution in [2.24, 2.45) is 5.73 Å². The lowest BCUT2D eigenvalue weighted by molar-refractivity contribution is -0.153. The SMILES string of the molecule is COc1cc(C[C@@]2(C(=O)N[C@H](C(N)=O)[C@@H](C)O)CCCN2C(=O)[C@@H]2CCCN2C(=O)[C@@H](NC(=O)OC(C)(C)C)[C@@H](C)O)cc(OC)c1OC. The number of alkyl carbamates (subject to hydrolysis) is 1. The monoisotopic (exact) mass is 693 g/mol. The summed E-state index contributed by atoms with van der Waals surface area (Å²) in [6.07, 6.45) is -2.34.